The summed E-state index contributed by atoms with van der Waals surface area (Å²) in [6.07, 6.45) is -2.69. The first-order chi connectivity index (χ1) is 8.25. The molecule has 0 aliphatic heterocycles. The van der Waals surface area contributed by atoms with Crippen molar-refractivity contribution in [1.29, 1.82) is 0 Å². The molecule has 1 aromatic heterocycles. The Labute approximate surface area is 99.0 Å². The summed E-state index contributed by atoms with van der Waals surface area (Å²) in [6, 6.07) is 1.31. The number of alkyl halides is 4. The molecule has 1 heterocycles. The predicted octanol–water partition coefficient (Wildman–Crippen LogP) is 2.61. The van der Waals surface area contributed by atoms with E-state index in [0.717, 1.165) is 6.20 Å². The third-order valence-corrected chi connectivity index (χ3v) is 2.12. The molecule has 0 aromatic carbocycles. The van der Waals surface area contributed by atoms with Crippen molar-refractivity contribution < 1.29 is 22.5 Å². The Bertz CT molecular complexity index is 453. The largest absolute Gasteiger partial charge is 0.358 e. The molecule has 0 atom stereocenters. The zero-order chi connectivity index (χ0) is 13.9. The summed E-state index contributed by atoms with van der Waals surface area (Å²) in [5.74, 6) is -4.74. The number of aromatic nitrogens is 1. The van der Waals surface area contributed by atoms with Crippen LogP contribution in [-0.4, -0.2) is 28.8 Å². The summed E-state index contributed by atoms with van der Waals surface area (Å²) < 4.78 is 49.1. The Morgan fingerprint density at radius 1 is 1.56 bits per heavy atom. The second kappa shape index (κ2) is 5.15. The lowest BCUT2D eigenvalue weighted by molar-refractivity contribution is -0.384. The fourth-order valence-corrected chi connectivity index (χ4v) is 1.19. The molecule has 0 spiro atoms. The van der Waals surface area contributed by atoms with Crippen molar-refractivity contribution in [2.45, 2.75) is 19.3 Å². The van der Waals surface area contributed by atoms with E-state index in [9.17, 15) is 27.7 Å². The predicted molar refractivity (Wildman–Crippen MR) is 55.1 cm³/mol. The Balaban J connectivity index is 2.92. The highest BCUT2D eigenvalue weighted by molar-refractivity contribution is 5.59. The smallest absolute Gasteiger partial charge is 0.324 e. The lowest BCUT2D eigenvalue weighted by atomic mass is 10.2. The van der Waals surface area contributed by atoms with Crippen LogP contribution in [0.25, 0.3) is 0 Å². The van der Waals surface area contributed by atoms with E-state index >= 15 is 0 Å². The van der Waals surface area contributed by atoms with Crippen LogP contribution in [0.3, 0.4) is 0 Å². The highest BCUT2D eigenvalue weighted by Crippen LogP contribution is 2.28. The number of nitrogens with zero attached hydrogens (tertiary/aromatic N) is 2. The van der Waals surface area contributed by atoms with Crippen LogP contribution in [0.15, 0.2) is 12.3 Å². The topological polar surface area (TPSA) is 68.1 Å². The normalized spacial score (nSPS) is 11.7. The van der Waals surface area contributed by atoms with Gasteiger partial charge in [-0.1, -0.05) is 0 Å². The maximum Gasteiger partial charge on any atom is 0.324 e. The molecule has 0 fully saturated rings. The first-order valence-electron chi connectivity index (χ1n) is 4.75. The van der Waals surface area contributed by atoms with Crippen molar-refractivity contribution in [3.05, 3.63) is 27.9 Å². The van der Waals surface area contributed by atoms with Gasteiger partial charge in [0, 0.05) is 11.8 Å². The zero-order valence-electron chi connectivity index (χ0n) is 9.16. The lowest BCUT2D eigenvalue weighted by Crippen LogP contribution is -2.35. The summed E-state index contributed by atoms with van der Waals surface area (Å²) >= 11 is 0. The Kier molecular flexibility index (Phi) is 4.04. The minimum atomic E-state index is -4.28. The van der Waals surface area contributed by atoms with Crippen molar-refractivity contribution in [1.82, 2.24) is 4.98 Å². The lowest BCUT2D eigenvalue weighted by Gasteiger charge is -2.16. The van der Waals surface area contributed by atoms with E-state index in [1.807, 2.05) is 5.32 Å². The Morgan fingerprint density at radius 2 is 2.17 bits per heavy atom. The van der Waals surface area contributed by atoms with Crippen LogP contribution < -0.4 is 5.32 Å². The van der Waals surface area contributed by atoms with Gasteiger partial charge in [-0.05, 0) is 13.0 Å². The number of hydrogen-bond donors (Lipinski definition) is 1. The number of halogens is 4. The third-order valence-electron chi connectivity index (χ3n) is 2.12. The fourth-order valence-electron chi connectivity index (χ4n) is 1.19. The Morgan fingerprint density at radius 3 is 2.67 bits per heavy atom. The van der Waals surface area contributed by atoms with Gasteiger partial charge in [0.15, 0.2) is 0 Å². The van der Waals surface area contributed by atoms with Crippen molar-refractivity contribution in [2.75, 3.05) is 11.9 Å². The minimum Gasteiger partial charge on any atom is -0.358 e. The van der Waals surface area contributed by atoms with Gasteiger partial charge in [0.1, 0.15) is 0 Å². The van der Waals surface area contributed by atoms with Gasteiger partial charge < -0.3 is 5.32 Å². The molecule has 0 amide bonds. The standard InChI is InChI=1S/C9H9F4N3O2/c1-5-2-3-14-7(6(5)16(17)18)15-4-9(12,13)8(10)11/h2-3,8H,4H2,1H3,(H,14,15). The molecule has 18 heavy (non-hydrogen) atoms. The van der Waals surface area contributed by atoms with Crippen molar-refractivity contribution in [3.63, 3.8) is 0 Å². The van der Waals surface area contributed by atoms with Gasteiger partial charge >= 0.3 is 18.0 Å². The average Bonchev–Trinajstić information content (AvgIpc) is 2.25. The Hall–Kier alpha value is -1.93. The average molecular weight is 267 g/mol. The molecule has 0 saturated heterocycles. The molecule has 0 radical (unpaired) electrons. The zero-order valence-corrected chi connectivity index (χ0v) is 9.16. The van der Waals surface area contributed by atoms with E-state index in [-0.39, 0.29) is 5.56 Å². The van der Waals surface area contributed by atoms with Crippen molar-refractivity contribution >= 4 is 11.5 Å². The van der Waals surface area contributed by atoms with Crippen LogP contribution in [0.1, 0.15) is 5.56 Å². The first-order valence-corrected chi connectivity index (χ1v) is 4.75. The number of aryl methyl sites for hydroxylation is 1. The van der Waals surface area contributed by atoms with E-state index in [1.54, 1.807) is 0 Å². The second-order valence-electron chi connectivity index (χ2n) is 3.50. The molecule has 5 nitrogen and oxygen atoms in total. The van der Waals surface area contributed by atoms with E-state index in [0.29, 0.717) is 0 Å². The molecular formula is C9H9F4N3O2. The quantitative estimate of drug-likeness (QED) is 0.506. The molecule has 0 saturated carbocycles. The van der Waals surface area contributed by atoms with E-state index in [4.69, 9.17) is 0 Å². The first kappa shape index (κ1) is 14.1. The highest BCUT2D eigenvalue weighted by atomic mass is 19.3. The molecular weight excluding hydrogens is 258 g/mol. The summed E-state index contributed by atoms with van der Waals surface area (Å²) in [7, 11) is 0. The van der Waals surface area contributed by atoms with Gasteiger partial charge in [-0.25, -0.2) is 13.8 Å². The van der Waals surface area contributed by atoms with Crippen molar-refractivity contribution in [3.8, 4) is 0 Å². The summed E-state index contributed by atoms with van der Waals surface area (Å²) in [5.41, 5.74) is -0.319. The SMILES string of the molecule is Cc1ccnc(NCC(F)(F)C(F)F)c1[N+](=O)[O-]. The number of pyridine rings is 1. The maximum atomic E-state index is 12.7. The van der Waals surface area contributed by atoms with E-state index in [1.165, 1.54) is 13.0 Å². The monoisotopic (exact) mass is 267 g/mol. The van der Waals surface area contributed by atoms with Crippen LogP contribution in [0.2, 0.25) is 0 Å². The third kappa shape index (κ3) is 3.05. The van der Waals surface area contributed by atoms with Crippen LogP contribution in [0, 0.1) is 17.0 Å². The number of hydrogen-bond acceptors (Lipinski definition) is 4. The van der Waals surface area contributed by atoms with E-state index in [2.05, 4.69) is 4.98 Å². The number of nitrogens with one attached hydrogen (secondary N) is 1. The molecule has 0 unspecified atom stereocenters. The molecule has 0 aliphatic rings. The molecule has 0 aliphatic carbocycles. The number of rotatable bonds is 5. The van der Waals surface area contributed by atoms with E-state index < -0.39 is 35.3 Å². The van der Waals surface area contributed by atoms with Crippen molar-refractivity contribution in [2.24, 2.45) is 0 Å². The molecule has 1 aromatic rings. The van der Waals surface area contributed by atoms with Gasteiger partial charge in [0.25, 0.3) is 0 Å². The molecule has 0 bridgehead atoms. The molecule has 1 N–H and O–H groups in total. The van der Waals surface area contributed by atoms with Crippen LogP contribution in [0.4, 0.5) is 29.1 Å². The fraction of sp³-hybridized carbons (Fsp3) is 0.444. The van der Waals surface area contributed by atoms with Gasteiger partial charge in [0.05, 0.1) is 11.5 Å². The van der Waals surface area contributed by atoms with Gasteiger partial charge in [-0.15, -0.1) is 0 Å². The van der Waals surface area contributed by atoms with Crippen LogP contribution in [-0.2, 0) is 0 Å². The summed E-state index contributed by atoms with van der Waals surface area (Å²) in [6.45, 7) is -0.0434. The number of nitro groups is 1. The maximum absolute atomic E-state index is 12.7. The highest BCUT2D eigenvalue weighted by Gasteiger charge is 2.41. The molecule has 1 rings (SSSR count). The van der Waals surface area contributed by atoms with Crippen LogP contribution in [0.5, 0.6) is 0 Å². The minimum absolute atomic E-state index is 0.192. The molecule has 9 heteroatoms. The van der Waals surface area contributed by atoms with Gasteiger partial charge in [-0.3, -0.25) is 10.1 Å². The second-order valence-corrected chi connectivity index (χ2v) is 3.50. The summed E-state index contributed by atoms with van der Waals surface area (Å²) in [4.78, 5) is 13.4. The van der Waals surface area contributed by atoms with Gasteiger partial charge in [0.2, 0.25) is 5.82 Å². The summed E-state index contributed by atoms with van der Waals surface area (Å²) in [5, 5.41) is 12.6. The molecule has 100 valence electrons. The number of anilines is 1. The van der Waals surface area contributed by atoms with Gasteiger partial charge in [-0.2, -0.15) is 8.78 Å². The van der Waals surface area contributed by atoms with Crippen LogP contribution >= 0.6 is 0 Å².